The Morgan fingerprint density at radius 2 is 2.00 bits per heavy atom. The largest absolute Gasteiger partial charge is 0.361 e. The summed E-state index contributed by atoms with van der Waals surface area (Å²) >= 11 is 0. The van der Waals surface area contributed by atoms with Crippen molar-refractivity contribution < 1.29 is 0 Å². The molecule has 21 heavy (non-hydrogen) atoms. The number of nitrogens with zero attached hydrogens (tertiary/aromatic N) is 1. The Bertz CT molecular complexity index is 723. The molecule has 4 aliphatic rings. The molecule has 3 fully saturated rings. The van der Waals surface area contributed by atoms with E-state index in [1.54, 1.807) is 0 Å². The van der Waals surface area contributed by atoms with Crippen LogP contribution in [0.25, 0.3) is 10.9 Å². The number of fused-ring (bicyclic) bond motifs is 3. The average Bonchev–Trinajstić information content (AvgIpc) is 3.15. The standard InChI is InChI=1S/C17H20N4/c1-4-14-5-2-11(1)10-17(14)19-16(20-21-17)13-3-6-15-12(9-13)7-8-18-15/h3,6-9,11,14,18,21H,1-2,4-5,10H2,(H,19,20)/t11?,14?,17-/m0/s1. The molecule has 108 valence electrons. The van der Waals surface area contributed by atoms with Gasteiger partial charge < -0.3 is 10.4 Å². The van der Waals surface area contributed by atoms with Crippen molar-refractivity contribution in [2.45, 2.75) is 37.8 Å². The molecule has 2 aromatic rings. The molecular formula is C17H20N4. The SMILES string of the molecule is c1cc2cc(C3=N[C@@]4(CC5CCC4CC5)NN3)ccc2[nH]1. The van der Waals surface area contributed by atoms with Crippen LogP contribution < -0.4 is 10.9 Å². The number of benzene rings is 1. The quantitative estimate of drug-likeness (QED) is 0.752. The minimum absolute atomic E-state index is 0.0381. The van der Waals surface area contributed by atoms with Gasteiger partial charge in [-0.3, -0.25) is 0 Å². The van der Waals surface area contributed by atoms with Crippen LogP contribution >= 0.6 is 0 Å². The van der Waals surface area contributed by atoms with Gasteiger partial charge in [0.1, 0.15) is 11.5 Å². The van der Waals surface area contributed by atoms with E-state index in [0.717, 1.165) is 11.8 Å². The van der Waals surface area contributed by atoms with E-state index in [2.05, 4.69) is 40.1 Å². The highest BCUT2D eigenvalue weighted by Gasteiger charge is 2.49. The molecule has 0 radical (unpaired) electrons. The number of aromatic amines is 1. The Morgan fingerprint density at radius 3 is 2.81 bits per heavy atom. The third-order valence-electron chi connectivity index (χ3n) is 5.66. The first-order chi connectivity index (χ1) is 10.3. The van der Waals surface area contributed by atoms with E-state index >= 15 is 0 Å². The van der Waals surface area contributed by atoms with E-state index in [1.165, 1.54) is 48.6 Å². The van der Waals surface area contributed by atoms with Gasteiger partial charge in [-0.2, -0.15) is 0 Å². The van der Waals surface area contributed by atoms with Gasteiger partial charge in [-0.1, -0.05) is 0 Å². The summed E-state index contributed by atoms with van der Waals surface area (Å²) in [6, 6.07) is 8.60. The van der Waals surface area contributed by atoms with Crippen molar-refractivity contribution in [1.82, 2.24) is 15.8 Å². The van der Waals surface area contributed by atoms with Gasteiger partial charge in [0.05, 0.1) is 0 Å². The zero-order valence-electron chi connectivity index (χ0n) is 12.0. The minimum Gasteiger partial charge on any atom is -0.361 e. The summed E-state index contributed by atoms with van der Waals surface area (Å²) in [5.74, 6) is 2.56. The Morgan fingerprint density at radius 1 is 1.10 bits per heavy atom. The van der Waals surface area contributed by atoms with Crippen molar-refractivity contribution in [3.63, 3.8) is 0 Å². The number of H-pyrrole nitrogens is 1. The normalized spacial score (nSPS) is 34.4. The number of rotatable bonds is 1. The van der Waals surface area contributed by atoms with Crippen LogP contribution in [-0.4, -0.2) is 16.5 Å². The Labute approximate surface area is 124 Å². The van der Waals surface area contributed by atoms with Crippen molar-refractivity contribution >= 4 is 16.7 Å². The molecule has 1 aliphatic heterocycles. The summed E-state index contributed by atoms with van der Waals surface area (Å²) in [5, 5.41) is 1.24. The second kappa shape index (κ2) is 4.10. The molecule has 4 nitrogen and oxygen atoms in total. The first-order valence-electron chi connectivity index (χ1n) is 8.03. The predicted molar refractivity (Wildman–Crippen MR) is 83.9 cm³/mol. The van der Waals surface area contributed by atoms with E-state index in [0.29, 0.717) is 5.92 Å². The molecule has 3 saturated carbocycles. The first-order valence-corrected chi connectivity index (χ1v) is 8.03. The number of hydrazine groups is 1. The van der Waals surface area contributed by atoms with Crippen molar-refractivity contribution in [2.75, 3.05) is 0 Å². The number of aliphatic imine (C=N–C) groups is 1. The van der Waals surface area contributed by atoms with Crippen LogP contribution in [0.3, 0.4) is 0 Å². The highest BCUT2D eigenvalue weighted by atomic mass is 15.5. The highest BCUT2D eigenvalue weighted by molar-refractivity contribution is 6.02. The molecule has 1 spiro atoms. The van der Waals surface area contributed by atoms with Crippen molar-refractivity contribution in [3.05, 3.63) is 36.0 Å². The van der Waals surface area contributed by atoms with Crippen LogP contribution in [0.15, 0.2) is 35.5 Å². The average molecular weight is 280 g/mol. The molecular weight excluding hydrogens is 260 g/mol. The molecule has 3 aliphatic carbocycles. The smallest absolute Gasteiger partial charge is 0.144 e. The zero-order valence-corrected chi connectivity index (χ0v) is 12.0. The lowest BCUT2D eigenvalue weighted by molar-refractivity contribution is 0.0506. The monoisotopic (exact) mass is 280 g/mol. The van der Waals surface area contributed by atoms with Crippen LogP contribution in [0, 0.1) is 11.8 Å². The molecule has 0 unspecified atom stereocenters. The van der Waals surface area contributed by atoms with E-state index in [-0.39, 0.29) is 5.66 Å². The molecule has 2 bridgehead atoms. The lowest BCUT2D eigenvalue weighted by Crippen LogP contribution is -2.56. The van der Waals surface area contributed by atoms with Crippen molar-refractivity contribution in [3.8, 4) is 0 Å². The van der Waals surface area contributed by atoms with E-state index in [4.69, 9.17) is 4.99 Å². The van der Waals surface area contributed by atoms with Crippen LogP contribution in [0.1, 0.15) is 37.7 Å². The predicted octanol–water partition coefficient (Wildman–Crippen LogP) is 2.93. The molecule has 6 rings (SSSR count). The van der Waals surface area contributed by atoms with Gasteiger partial charge in [0.2, 0.25) is 0 Å². The molecule has 0 saturated heterocycles. The van der Waals surface area contributed by atoms with Gasteiger partial charge in [0, 0.05) is 22.7 Å². The van der Waals surface area contributed by atoms with Gasteiger partial charge in [0.25, 0.3) is 0 Å². The highest BCUT2D eigenvalue weighted by Crippen LogP contribution is 2.48. The fraction of sp³-hybridized carbons (Fsp3) is 0.471. The van der Waals surface area contributed by atoms with E-state index in [9.17, 15) is 0 Å². The maximum atomic E-state index is 5.11. The Hall–Kier alpha value is -1.81. The number of nitrogens with one attached hydrogen (secondary N) is 3. The maximum Gasteiger partial charge on any atom is 0.144 e. The van der Waals surface area contributed by atoms with Gasteiger partial charge in [0.15, 0.2) is 0 Å². The first kappa shape index (κ1) is 11.8. The second-order valence-corrected chi connectivity index (χ2v) is 6.84. The lowest BCUT2D eigenvalue weighted by Gasteiger charge is -2.47. The fourth-order valence-corrected chi connectivity index (χ4v) is 4.50. The molecule has 2 heterocycles. The molecule has 3 N–H and O–H groups in total. The van der Waals surface area contributed by atoms with E-state index < -0.39 is 0 Å². The molecule has 1 aromatic carbocycles. The Balaban J connectivity index is 1.53. The number of amidine groups is 1. The van der Waals surface area contributed by atoms with Crippen LogP contribution in [0.4, 0.5) is 0 Å². The summed E-state index contributed by atoms with van der Waals surface area (Å²) in [7, 11) is 0. The molecule has 4 heteroatoms. The van der Waals surface area contributed by atoms with E-state index in [1.807, 2.05) is 6.20 Å². The van der Waals surface area contributed by atoms with Crippen molar-refractivity contribution in [2.24, 2.45) is 16.8 Å². The summed E-state index contributed by atoms with van der Waals surface area (Å²) in [6.07, 6.45) is 8.63. The topological polar surface area (TPSA) is 52.2 Å². The van der Waals surface area contributed by atoms with Crippen LogP contribution in [-0.2, 0) is 0 Å². The lowest BCUT2D eigenvalue weighted by atomic mass is 9.65. The third kappa shape index (κ3) is 1.69. The summed E-state index contributed by atoms with van der Waals surface area (Å²) < 4.78 is 0. The van der Waals surface area contributed by atoms with Gasteiger partial charge in [-0.25, -0.2) is 10.4 Å². The summed E-state index contributed by atoms with van der Waals surface area (Å²) in [6.45, 7) is 0. The van der Waals surface area contributed by atoms with Crippen LogP contribution in [0.5, 0.6) is 0 Å². The minimum atomic E-state index is -0.0381. The van der Waals surface area contributed by atoms with Crippen molar-refractivity contribution in [1.29, 1.82) is 0 Å². The van der Waals surface area contributed by atoms with Gasteiger partial charge in [-0.15, -0.1) is 0 Å². The number of aromatic nitrogens is 1. The number of hydrogen-bond acceptors (Lipinski definition) is 3. The fourth-order valence-electron chi connectivity index (χ4n) is 4.50. The molecule has 0 amide bonds. The molecule has 1 aromatic heterocycles. The Kier molecular flexibility index (Phi) is 2.31. The maximum absolute atomic E-state index is 5.11. The molecule has 1 atom stereocenters. The van der Waals surface area contributed by atoms with Gasteiger partial charge in [-0.05, 0) is 68.2 Å². The van der Waals surface area contributed by atoms with Crippen LogP contribution in [0.2, 0.25) is 0 Å². The zero-order chi connectivity index (χ0) is 13.9. The van der Waals surface area contributed by atoms with Gasteiger partial charge >= 0.3 is 0 Å². The summed E-state index contributed by atoms with van der Waals surface area (Å²) in [4.78, 5) is 8.35. The second-order valence-electron chi connectivity index (χ2n) is 6.84. The third-order valence-corrected chi connectivity index (χ3v) is 5.66. The summed E-state index contributed by atoms with van der Waals surface area (Å²) in [5.41, 5.74) is 9.21. The number of hydrogen-bond donors (Lipinski definition) is 3.